The summed E-state index contributed by atoms with van der Waals surface area (Å²) in [7, 11) is 1.91. The summed E-state index contributed by atoms with van der Waals surface area (Å²) in [4.78, 5) is 18.0. The van der Waals surface area contributed by atoms with Gasteiger partial charge < -0.3 is 20.1 Å². The fourth-order valence-corrected chi connectivity index (χ4v) is 5.49. The molecular formula is C26H30FN7O2S. The smallest absolute Gasteiger partial charge is 0.261 e. The zero-order valence-electron chi connectivity index (χ0n) is 20.9. The Balaban J connectivity index is 1.44. The summed E-state index contributed by atoms with van der Waals surface area (Å²) >= 11 is 1.32. The molecule has 9 nitrogen and oxygen atoms in total. The lowest BCUT2D eigenvalue weighted by Gasteiger charge is -2.32. The Morgan fingerprint density at radius 3 is 2.92 bits per heavy atom. The molecule has 2 aliphatic rings. The third-order valence-corrected chi connectivity index (χ3v) is 8.05. The van der Waals surface area contributed by atoms with Crippen molar-refractivity contribution in [1.29, 1.82) is 5.26 Å². The maximum absolute atomic E-state index is 14.8. The lowest BCUT2D eigenvalue weighted by Crippen LogP contribution is -2.41. The van der Waals surface area contributed by atoms with Crippen molar-refractivity contribution in [3.8, 4) is 6.07 Å². The van der Waals surface area contributed by atoms with Gasteiger partial charge in [0.1, 0.15) is 17.4 Å². The minimum Gasteiger partial charge on any atom is -0.373 e. The number of anilines is 3. The predicted molar refractivity (Wildman–Crippen MR) is 144 cm³/mol. The molecule has 11 heteroatoms. The van der Waals surface area contributed by atoms with Gasteiger partial charge in [-0.15, -0.1) is 0 Å². The van der Waals surface area contributed by atoms with E-state index >= 15 is 0 Å². The Labute approximate surface area is 219 Å². The largest absolute Gasteiger partial charge is 0.373 e. The van der Waals surface area contributed by atoms with E-state index in [1.165, 1.54) is 24.3 Å². The Kier molecular flexibility index (Phi) is 7.35. The number of hydrogen-bond donors (Lipinski definition) is 3. The van der Waals surface area contributed by atoms with Crippen LogP contribution in [-0.4, -0.2) is 52.7 Å². The molecule has 2 aliphatic heterocycles. The highest BCUT2D eigenvalue weighted by Gasteiger charge is 2.42. The quantitative estimate of drug-likeness (QED) is 0.394. The van der Waals surface area contributed by atoms with Crippen molar-refractivity contribution in [2.75, 3.05) is 43.3 Å². The molecular weight excluding hydrogens is 493 g/mol. The molecule has 1 unspecified atom stereocenters. The number of fused-ring (bicyclic) bond motifs is 1. The maximum atomic E-state index is 14.8. The Morgan fingerprint density at radius 1 is 1.35 bits per heavy atom. The lowest BCUT2D eigenvalue weighted by molar-refractivity contribution is -0.0196. The lowest BCUT2D eigenvalue weighted by atomic mass is 9.88. The first kappa shape index (κ1) is 25.5. The number of ether oxygens (including phenoxy) is 1. The highest BCUT2D eigenvalue weighted by Crippen LogP contribution is 2.39. The van der Waals surface area contributed by atoms with Gasteiger partial charge in [-0.3, -0.25) is 9.36 Å². The standard InChI is InChI=1S/C26H30FN7O2S/c1-3-33(2)37-32-23-7-5-21(27)24(20(23)14-28)31-17-4-6-22-19(12-17)25(35)34(16-30-22)18-13-26(36-15-18)8-10-29-11-9-26/h4-7,12,16,18,29,31-32H,3,8-11,13,15H2,1-2H3. The molecule has 5 rings (SSSR count). The second-order valence-electron chi connectivity index (χ2n) is 9.51. The zero-order chi connectivity index (χ0) is 26.0. The van der Waals surface area contributed by atoms with Gasteiger partial charge in [0, 0.05) is 24.4 Å². The Hall–Kier alpha value is -3.17. The molecule has 0 saturated carbocycles. The first-order chi connectivity index (χ1) is 17.9. The van der Waals surface area contributed by atoms with Crippen LogP contribution in [0.4, 0.5) is 21.5 Å². The summed E-state index contributed by atoms with van der Waals surface area (Å²) < 4.78 is 27.7. The molecule has 0 aliphatic carbocycles. The second-order valence-corrected chi connectivity index (χ2v) is 10.5. The van der Waals surface area contributed by atoms with Gasteiger partial charge >= 0.3 is 0 Å². The molecule has 0 amide bonds. The second kappa shape index (κ2) is 10.7. The highest BCUT2D eigenvalue weighted by atomic mass is 32.2. The molecule has 0 radical (unpaired) electrons. The van der Waals surface area contributed by atoms with Gasteiger partial charge in [0.2, 0.25) is 0 Å². The van der Waals surface area contributed by atoms with E-state index in [9.17, 15) is 14.4 Å². The third-order valence-electron chi connectivity index (χ3n) is 7.17. The van der Waals surface area contributed by atoms with E-state index in [-0.39, 0.29) is 28.5 Å². The summed E-state index contributed by atoms with van der Waals surface area (Å²) in [6, 6.07) is 9.98. The third kappa shape index (κ3) is 5.15. The van der Waals surface area contributed by atoms with E-state index in [1.807, 2.05) is 18.3 Å². The van der Waals surface area contributed by atoms with Crippen molar-refractivity contribution in [2.24, 2.45) is 0 Å². The average Bonchev–Trinajstić information content (AvgIpc) is 3.32. The number of nitrogens with one attached hydrogen (secondary N) is 3. The Morgan fingerprint density at radius 2 is 2.16 bits per heavy atom. The number of aromatic nitrogens is 2. The van der Waals surface area contributed by atoms with Crippen molar-refractivity contribution in [2.45, 2.75) is 37.8 Å². The molecule has 194 valence electrons. The molecule has 3 aromatic rings. The monoisotopic (exact) mass is 523 g/mol. The fraction of sp³-hybridized carbons (Fsp3) is 0.423. The first-order valence-electron chi connectivity index (χ1n) is 12.4. The average molecular weight is 524 g/mol. The molecule has 1 spiro atoms. The number of rotatable bonds is 7. The van der Waals surface area contributed by atoms with Crippen LogP contribution in [0.3, 0.4) is 0 Å². The number of halogens is 1. The van der Waals surface area contributed by atoms with Crippen molar-refractivity contribution in [1.82, 2.24) is 19.2 Å². The van der Waals surface area contributed by atoms with Crippen LogP contribution in [0.25, 0.3) is 10.9 Å². The van der Waals surface area contributed by atoms with Crippen molar-refractivity contribution < 1.29 is 9.13 Å². The van der Waals surface area contributed by atoms with E-state index in [2.05, 4.69) is 26.4 Å². The minimum atomic E-state index is -0.560. The number of piperidine rings is 1. The molecule has 37 heavy (non-hydrogen) atoms. The number of benzene rings is 2. The Bertz CT molecular complexity index is 1400. The molecule has 2 fully saturated rings. The van der Waals surface area contributed by atoms with Gasteiger partial charge in [0.05, 0.1) is 46.9 Å². The van der Waals surface area contributed by atoms with E-state index in [0.717, 1.165) is 38.9 Å². The molecule has 2 saturated heterocycles. The number of hydrogen-bond acceptors (Lipinski definition) is 9. The van der Waals surface area contributed by atoms with E-state index in [1.54, 1.807) is 29.1 Å². The van der Waals surface area contributed by atoms with Gasteiger partial charge in [-0.25, -0.2) is 13.7 Å². The van der Waals surface area contributed by atoms with Gasteiger partial charge in [0.15, 0.2) is 0 Å². The number of nitrogens with zero attached hydrogens (tertiary/aromatic N) is 4. The number of nitriles is 1. The summed E-state index contributed by atoms with van der Waals surface area (Å²) in [6.45, 7) is 5.11. The van der Waals surface area contributed by atoms with Crippen LogP contribution in [0.5, 0.6) is 0 Å². The van der Waals surface area contributed by atoms with Crippen LogP contribution < -0.4 is 20.9 Å². The van der Waals surface area contributed by atoms with Crippen LogP contribution in [-0.2, 0) is 4.74 Å². The van der Waals surface area contributed by atoms with Crippen molar-refractivity contribution in [3.05, 3.63) is 58.4 Å². The molecule has 0 bridgehead atoms. The summed E-state index contributed by atoms with van der Waals surface area (Å²) in [6.07, 6.45) is 4.24. The van der Waals surface area contributed by atoms with Crippen LogP contribution >= 0.6 is 12.1 Å². The predicted octanol–water partition coefficient (Wildman–Crippen LogP) is 4.16. The molecule has 2 aromatic carbocycles. The molecule has 1 aromatic heterocycles. The van der Waals surface area contributed by atoms with Gasteiger partial charge in [-0.05, 0) is 69.7 Å². The summed E-state index contributed by atoms with van der Waals surface area (Å²) in [5.74, 6) is -0.560. The van der Waals surface area contributed by atoms with E-state index in [4.69, 9.17) is 4.74 Å². The van der Waals surface area contributed by atoms with Crippen molar-refractivity contribution in [3.63, 3.8) is 0 Å². The molecule has 3 N–H and O–H groups in total. The first-order valence-corrected chi connectivity index (χ1v) is 13.2. The topological polar surface area (TPSA) is 107 Å². The zero-order valence-corrected chi connectivity index (χ0v) is 21.7. The van der Waals surface area contributed by atoms with Gasteiger partial charge in [-0.2, -0.15) is 5.26 Å². The highest BCUT2D eigenvalue weighted by molar-refractivity contribution is 7.98. The maximum Gasteiger partial charge on any atom is 0.261 e. The fourth-order valence-electron chi connectivity index (χ4n) is 4.94. The van der Waals surface area contributed by atoms with Crippen LogP contribution in [0.15, 0.2) is 41.5 Å². The van der Waals surface area contributed by atoms with Crippen molar-refractivity contribution >= 4 is 40.1 Å². The minimum absolute atomic E-state index is 0.0489. The van der Waals surface area contributed by atoms with Gasteiger partial charge in [0.25, 0.3) is 5.56 Å². The van der Waals surface area contributed by atoms with Crippen LogP contribution in [0.2, 0.25) is 0 Å². The summed E-state index contributed by atoms with van der Waals surface area (Å²) in [5, 5.41) is 16.6. The SMILES string of the molecule is CCN(C)SNc1ccc(F)c(Nc2ccc3ncn(C4COC5(CCNCC5)C4)c(=O)c3c2)c1C#N. The normalized spacial score (nSPS) is 18.8. The van der Waals surface area contributed by atoms with Crippen LogP contribution in [0, 0.1) is 17.1 Å². The molecule has 3 heterocycles. The van der Waals surface area contributed by atoms with E-state index < -0.39 is 5.82 Å². The summed E-state index contributed by atoms with van der Waals surface area (Å²) in [5.41, 5.74) is 1.40. The van der Waals surface area contributed by atoms with E-state index in [0.29, 0.717) is 28.9 Å². The van der Waals surface area contributed by atoms with Gasteiger partial charge in [-0.1, -0.05) is 6.92 Å². The molecule has 1 atom stereocenters. The van der Waals surface area contributed by atoms with Crippen LogP contribution in [0.1, 0.15) is 37.8 Å².